The topological polar surface area (TPSA) is 64.4 Å². The number of thioether (sulfide) groups is 1. The van der Waals surface area contributed by atoms with Crippen LogP contribution in [-0.4, -0.2) is 52.9 Å². The predicted molar refractivity (Wildman–Crippen MR) is 117 cm³/mol. The minimum atomic E-state index is -0.0590. The summed E-state index contributed by atoms with van der Waals surface area (Å²) >= 11 is 1.35. The highest BCUT2D eigenvalue weighted by Gasteiger charge is 2.25. The SMILES string of the molecule is COCCCn1c(SCC(=O)N(C)C2CCC(C)CC2)nc2ccccc2c1=O. The summed E-state index contributed by atoms with van der Waals surface area (Å²) in [5.41, 5.74) is 0.612. The van der Waals surface area contributed by atoms with Crippen molar-refractivity contribution in [2.24, 2.45) is 5.92 Å². The van der Waals surface area contributed by atoms with Crippen molar-refractivity contribution in [3.8, 4) is 0 Å². The molecule has 0 saturated heterocycles. The van der Waals surface area contributed by atoms with Crippen LogP contribution in [0.15, 0.2) is 34.2 Å². The smallest absolute Gasteiger partial charge is 0.262 e. The number of hydrogen-bond acceptors (Lipinski definition) is 5. The van der Waals surface area contributed by atoms with Gasteiger partial charge in [0.2, 0.25) is 5.91 Å². The van der Waals surface area contributed by atoms with Gasteiger partial charge < -0.3 is 9.64 Å². The summed E-state index contributed by atoms with van der Waals surface area (Å²) < 4.78 is 6.81. The number of carbonyl (C=O) groups is 1. The molecule has 0 unspecified atom stereocenters. The van der Waals surface area contributed by atoms with Crippen LogP contribution in [0.4, 0.5) is 0 Å². The van der Waals surface area contributed by atoms with Crippen LogP contribution in [0.25, 0.3) is 10.9 Å². The van der Waals surface area contributed by atoms with Crippen LogP contribution >= 0.6 is 11.8 Å². The van der Waals surface area contributed by atoms with E-state index in [1.54, 1.807) is 17.7 Å². The van der Waals surface area contributed by atoms with E-state index >= 15 is 0 Å². The average Bonchev–Trinajstić information content (AvgIpc) is 2.74. The number of fused-ring (bicyclic) bond motifs is 1. The maximum Gasteiger partial charge on any atom is 0.262 e. The molecule has 1 aromatic heterocycles. The van der Waals surface area contributed by atoms with Gasteiger partial charge in [-0.2, -0.15) is 0 Å². The van der Waals surface area contributed by atoms with E-state index in [-0.39, 0.29) is 17.2 Å². The van der Waals surface area contributed by atoms with Gasteiger partial charge in [0, 0.05) is 33.4 Å². The molecule has 1 saturated carbocycles. The summed E-state index contributed by atoms with van der Waals surface area (Å²) in [5.74, 6) is 1.14. The molecule has 1 aliphatic carbocycles. The third-order valence-corrected chi connectivity index (χ3v) is 6.77. The second kappa shape index (κ2) is 10.3. The summed E-state index contributed by atoms with van der Waals surface area (Å²) in [4.78, 5) is 32.3. The lowest BCUT2D eigenvalue weighted by molar-refractivity contribution is -0.129. The van der Waals surface area contributed by atoms with Gasteiger partial charge in [0.1, 0.15) is 0 Å². The second-order valence-electron chi connectivity index (χ2n) is 7.92. The fraction of sp³-hybridized carbons (Fsp3) is 0.591. The number of rotatable bonds is 8. The summed E-state index contributed by atoms with van der Waals surface area (Å²) in [7, 11) is 3.56. The lowest BCUT2D eigenvalue weighted by Crippen LogP contribution is -2.40. The Bertz CT molecular complexity index is 890. The Morgan fingerprint density at radius 2 is 2.00 bits per heavy atom. The lowest BCUT2D eigenvalue weighted by atomic mass is 9.87. The predicted octanol–water partition coefficient (Wildman–Crippen LogP) is 3.56. The van der Waals surface area contributed by atoms with E-state index in [0.29, 0.717) is 35.3 Å². The Hall–Kier alpha value is -1.86. The maximum absolute atomic E-state index is 13.0. The molecule has 0 aliphatic heterocycles. The van der Waals surface area contributed by atoms with Gasteiger partial charge in [-0.05, 0) is 50.2 Å². The van der Waals surface area contributed by atoms with Crippen LogP contribution in [-0.2, 0) is 16.1 Å². The molecule has 0 N–H and O–H groups in total. The first-order chi connectivity index (χ1) is 14.0. The van der Waals surface area contributed by atoms with Gasteiger partial charge in [0.05, 0.1) is 16.7 Å². The molecule has 1 amide bonds. The van der Waals surface area contributed by atoms with Crippen LogP contribution in [0.1, 0.15) is 39.0 Å². The van der Waals surface area contributed by atoms with Gasteiger partial charge in [0.15, 0.2) is 5.16 Å². The first kappa shape index (κ1) is 21.8. The third kappa shape index (κ3) is 5.39. The first-order valence-corrected chi connectivity index (χ1v) is 11.4. The minimum Gasteiger partial charge on any atom is -0.385 e. The standard InChI is InChI=1S/C22H31N3O3S/c1-16-9-11-17(12-10-16)24(2)20(26)15-29-22-23-19-8-5-4-7-18(19)21(27)25(22)13-6-14-28-3/h4-5,7-8,16-17H,6,9-15H2,1-3H3. The quantitative estimate of drug-likeness (QED) is 0.373. The van der Waals surface area contributed by atoms with Crippen molar-refractivity contribution in [3.63, 3.8) is 0 Å². The van der Waals surface area contributed by atoms with E-state index in [2.05, 4.69) is 11.9 Å². The molecule has 7 heteroatoms. The highest BCUT2D eigenvalue weighted by Crippen LogP contribution is 2.27. The Morgan fingerprint density at radius 3 is 2.72 bits per heavy atom. The Morgan fingerprint density at radius 1 is 1.28 bits per heavy atom. The molecule has 0 bridgehead atoms. The molecule has 2 aromatic rings. The Balaban J connectivity index is 1.74. The molecule has 29 heavy (non-hydrogen) atoms. The summed E-state index contributed by atoms with van der Waals surface area (Å²) in [6.07, 6.45) is 5.23. The van der Waals surface area contributed by atoms with E-state index in [1.165, 1.54) is 24.6 Å². The molecule has 0 radical (unpaired) electrons. The largest absolute Gasteiger partial charge is 0.385 e. The fourth-order valence-corrected chi connectivity index (χ4v) is 4.83. The summed E-state index contributed by atoms with van der Waals surface area (Å²) in [6.45, 7) is 3.38. The molecule has 0 atom stereocenters. The van der Waals surface area contributed by atoms with Crippen LogP contribution in [0.2, 0.25) is 0 Å². The van der Waals surface area contributed by atoms with Crippen LogP contribution in [0, 0.1) is 5.92 Å². The van der Waals surface area contributed by atoms with Crippen molar-refractivity contribution in [1.82, 2.24) is 14.5 Å². The van der Waals surface area contributed by atoms with E-state index in [9.17, 15) is 9.59 Å². The van der Waals surface area contributed by atoms with Gasteiger partial charge in [0.25, 0.3) is 5.56 Å². The van der Waals surface area contributed by atoms with E-state index in [4.69, 9.17) is 4.74 Å². The summed E-state index contributed by atoms with van der Waals surface area (Å²) in [5, 5.41) is 1.21. The number of hydrogen-bond donors (Lipinski definition) is 0. The lowest BCUT2D eigenvalue weighted by Gasteiger charge is -2.33. The molecular weight excluding hydrogens is 386 g/mol. The average molecular weight is 418 g/mol. The third-order valence-electron chi connectivity index (χ3n) is 5.81. The molecule has 1 aromatic carbocycles. The van der Waals surface area contributed by atoms with E-state index < -0.39 is 0 Å². The zero-order valence-corrected chi connectivity index (χ0v) is 18.4. The molecule has 1 fully saturated rings. The number of para-hydroxylation sites is 1. The number of aromatic nitrogens is 2. The van der Waals surface area contributed by atoms with Crippen LogP contribution in [0.3, 0.4) is 0 Å². The highest BCUT2D eigenvalue weighted by molar-refractivity contribution is 7.99. The molecule has 1 heterocycles. The van der Waals surface area contributed by atoms with Gasteiger partial charge in [-0.25, -0.2) is 4.98 Å². The van der Waals surface area contributed by atoms with Gasteiger partial charge in [-0.15, -0.1) is 0 Å². The molecular formula is C22H31N3O3S. The normalized spacial score (nSPS) is 19.4. The van der Waals surface area contributed by atoms with Gasteiger partial charge in [-0.3, -0.25) is 14.2 Å². The van der Waals surface area contributed by atoms with E-state index in [1.807, 2.05) is 30.1 Å². The highest BCUT2D eigenvalue weighted by atomic mass is 32.2. The molecule has 0 spiro atoms. The van der Waals surface area contributed by atoms with Crippen molar-refractivity contribution in [1.29, 1.82) is 0 Å². The van der Waals surface area contributed by atoms with Crippen LogP contribution in [0.5, 0.6) is 0 Å². The Kier molecular flexibility index (Phi) is 7.72. The zero-order valence-electron chi connectivity index (χ0n) is 17.6. The van der Waals surface area contributed by atoms with Crippen molar-refractivity contribution < 1.29 is 9.53 Å². The fourth-order valence-electron chi connectivity index (χ4n) is 3.88. The number of carbonyl (C=O) groups excluding carboxylic acids is 1. The maximum atomic E-state index is 13.0. The Labute approximate surface area is 176 Å². The van der Waals surface area contributed by atoms with Crippen molar-refractivity contribution >= 4 is 28.6 Å². The number of methoxy groups -OCH3 is 1. The van der Waals surface area contributed by atoms with Crippen LogP contribution < -0.4 is 5.56 Å². The minimum absolute atomic E-state index is 0.0590. The molecule has 6 nitrogen and oxygen atoms in total. The van der Waals surface area contributed by atoms with Crippen molar-refractivity contribution in [2.75, 3.05) is 26.5 Å². The number of amides is 1. The zero-order chi connectivity index (χ0) is 20.8. The molecule has 158 valence electrons. The van der Waals surface area contributed by atoms with Gasteiger partial charge >= 0.3 is 0 Å². The van der Waals surface area contributed by atoms with Crippen molar-refractivity contribution in [2.45, 2.75) is 56.8 Å². The number of benzene rings is 1. The second-order valence-corrected chi connectivity index (χ2v) is 8.86. The summed E-state index contributed by atoms with van der Waals surface area (Å²) in [6, 6.07) is 7.70. The molecule has 3 rings (SSSR count). The molecule has 1 aliphatic rings. The van der Waals surface area contributed by atoms with Crippen molar-refractivity contribution in [3.05, 3.63) is 34.6 Å². The van der Waals surface area contributed by atoms with E-state index in [0.717, 1.165) is 25.2 Å². The van der Waals surface area contributed by atoms with Gasteiger partial charge in [-0.1, -0.05) is 30.8 Å². The monoisotopic (exact) mass is 417 g/mol. The number of nitrogens with zero attached hydrogens (tertiary/aromatic N) is 3. The number of ether oxygens (including phenoxy) is 1. The first-order valence-electron chi connectivity index (χ1n) is 10.4.